The molecular weight excluding hydrogens is 305 g/mol. The van der Waals surface area contributed by atoms with Gasteiger partial charge in [0.25, 0.3) is 5.91 Å². The Labute approximate surface area is 126 Å². The second-order valence-electron chi connectivity index (χ2n) is 5.33. The van der Waals surface area contributed by atoms with E-state index in [0.29, 0.717) is 20.2 Å². The predicted molar refractivity (Wildman–Crippen MR) is 79.3 cm³/mol. The molecule has 2 rings (SSSR count). The van der Waals surface area contributed by atoms with E-state index in [1.165, 1.54) is 11.3 Å². The van der Waals surface area contributed by atoms with Crippen LogP contribution in [0.15, 0.2) is 6.07 Å². The van der Waals surface area contributed by atoms with E-state index in [1.807, 2.05) is 0 Å². The second kappa shape index (κ2) is 6.00. The van der Waals surface area contributed by atoms with Gasteiger partial charge in [-0.2, -0.15) is 0 Å². The van der Waals surface area contributed by atoms with Crippen molar-refractivity contribution in [2.45, 2.75) is 38.2 Å². The van der Waals surface area contributed by atoms with Gasteiger partial charge in [-0.1, -0.05) is 30.1 Å². The van der Waals surface area contributed by atoms with E-state index in [-0.39, 0.29) is 12.5 Å². The highest BCUT2D eigenvalue weighted by Gasteiger charge is 2.32. The summed E-state index contributed by atoms with van der Waals surface area (Å²) in [7, 11) is 0. The van der Waals surface area contributed by atoms with Crippen molar-refractivity contribution >= 4 is 40.4 Å². The van der Waals surface area contributed by atoms with Gasteiger partial charge in [-0.3, -0.25) is 4.79 Å². The zero-order valence-corrected chi connectivity index (χ0v) is 13.0. The molecule has 3 nitrogen and oxygen atoms in total. The van der Waals surface area contributed by atoms with Gasteiger partial charge in [0.15, 0.2) is 0 Å². The van der Waals surface area contributed by atoms with Crippen LogP contribution in [0.2, 0.25) is 8.67 Å². The van der Waals surface area contributed by atoms with Crippen molar-refractivity contribution in [2.24, 2.45) is 5.92 Å². The van der Waals surface area contributed by atoms with Crippen molar-refractivity contribution in [1.29, 1.82) is 0 Å². The highest BCUT2D eigenvalue weighted by Crippen LogP contribution is 2.33. The van der Waals surface area contributed by atoms with Crippen molar-refractivity contribution in [3.05, 3.63) is 20.3 Å². The van der Waals surface area contributed by atoms with Crippen molar-refractivity contribution in [1.82, 2.24) is 5.32 Å². The van der Waals surface area contributed by atoms with Crippen molar-refractivity contribution in [3.8, 4) is 0 Å². The molecule has 1 heterocycles. The minimum Gasteiger partial charge on any atom is -0.388 e. The van der Waals surface area contributed by atoms with Gasteiger partial charge < -0.3 is 10.4 Å². The van der Waals surface area contributed by atoms with Gasteiger partial charge in [0, 0.05) is 6.54 Å². The largest absolute Gasteiger partial charge is 0.388 e. The first-order valence-electron chi connectivity index (χ1n) is 6.35. The van der Waals surface area contributed by atoms with Gasteiger partial charge in [0.1, 0.15) is 4.34 Å². The number of hydrogen-bond donors (Lipinski definition) is 2. The molecule has 106 valence electrons. The number of thiophene rings is 1. The summed E-state index contributed by atoms with van der Waals surface area (Å²) in [4.78, 5) is 12.0. The summed E-state index contributed by atoms with van der Waals surface area (Å²) in [5, 5.41) is 13.1. The summed E-state index contributed by atoms with van der Waals surface area (Å²) in [6.45, 7) is 2.45. The molecule has 1 aliphatic carbocycles. The van der Waals surface area contributed by atoms with Gasteiger partial charge in [0.05, 0.1) is 15.5 Å². The highest BCUT2D eigenvalue weighted by atomic mass is 35.5. The molecule has 1 aliphatic rings. The van der Waals surface area contributed by atoms with E-state index >= 15 is 0 Å². The van der Waals surface area contributed by atoms with Crippen LogP contribution in [0.3, 0.4) is 0 Å². The topological polar surface area (TPSA) is 49.3 Å². The molecule has 6 heteroatoms. The van der Waals surface area contributed by atoms with Crippen molar-refractivity contribution < 1.29 is 9.90 Å². The van der Waals surface area contributed by atoms with E-state index in [0.717, 1.165) is 25.7 Å². The maximum Gasteiger partial charge on any atom is 0.253 e. The Morgan fingerprint density at radius 2 is 2.16 bits per heavy atom. The summed E-state index contributed by atoms with van der Waals surface area (Å²) in [5.41, 5.74) is -0.404. The molecule has 0 bridgehead atoms. The Hall–Kier alpha value is -0.290. The Morgan fingerprint density at radius 3 is 2.68 bits per heavy atom. The Morgan fingerprint density at radius 1 is 1.53 bits per heavy atom. The third kappa shape index (κ3) is 3.85. The lowest BCUT2D eigenvalue weighted by Gasteiger charge is -2.34. The number of amides is 1. The lowest BCUT2D eigenvalue weighted by molar-refractivity contribution is -0.00539. The minimum absolute atomic E-state index is 0.266. The van der Waals surface area contributed by atoms with Crippen LogP contribution in [0, 0.1) is 5.92 Å². The Kier molecular flexibility index (Phi) is 4.77. The lowest BCUT2D eigenvalue weighted by Crippen LogP contribution is -2.45. The number of carbonyl (C=O) groups is 1. The molecular formula is C13H17Cl2NO2S. The number of halogens is 2. The summed E-state index contributed by atoms with van der Waals surface area (Å²) >= 11 is 12.9. The fraction of sp³-hybridized carbons (Fsp3) is 0.615. The SMILES string of the molecule is CC1CCC(O)(CNC(=O)c2cc(Cl)sc2Cl)CC1. The van der Waals surface area contributed by atoms with E-state index in [2.05, 4.69) is 12.2 Å². The van der Waals surface area contributed by atoms with E-state index in [4.69, 9.17) is 23.2 Å². The van der Waals surface area contributed by atoms with Crippen LogP contribution in [0.4, 0.5) is 0 Å². The van der Waals surface area contributed by atoms with Crippen LogP contribution in [-0.2, 0) is 0 Å². The molecule has 0 aromatic carbocycles. The fourth-order valence-electron chi connectivity index (χ4n) is 2.31. The van der Waals surface area contributed by atoms with Crippen LogP contribution < -0.4 is 5.32 Å². The monoisotopic (exact) mass is 321 g/mol. The fourth-order valence-corrected chi connectivity index (χ4v) is 3.77. The first-order chi connectivity index (χ1) is 8.89. The molecule has 1 fully saturated rings. The maximum absolute atomic E-state index is 12.0. The smallest absolute Gasteiger partial charge is 0.253 e. The van der Waals surface area contributed by atoms with Crippen LogP contribution in [0.5, 0.6) is 0 Å². The average Bonchev–Trinajstić information content (AvgIpc) is 2.70. The Balaban J connectivity index is 1.92. The molecule has 1 amide bonds. The van der Waals surface area contributed by atoms with E-state index in [1.54, 1.807) is 6.07 Å². The van der Waals surface area contributed by atoms with Gasteiger partial charge >= 0.3 is 0 Å². The van der Waals surface area contributed by atoms with Gasteiger partial charge in [-0.05, 0) is 37.7 Å². The number of nitrogens with one attached hydrogen (secondary N) is 1. The van der Waals surface area contributed by atoms with Gasteiger partial charge in [-0.15, -0.1) is 11.3 Å². The Bertz CT molecular complexity index is 467. The van der Waals surface area contributed by atoms with Crippen LogP contribution in [0.1, 0.15) is 43.0 Å². The zero-order chi connectivity index (χ0) is 14.0. The molecule has 2 N–H and O–H groups in total. The van der Waals surface area contributed by atoms with Crippen molar-refractivity contribution in [3.63, 3.8) is 0 Å². The normalized spacial score (nSPS) is 27.3. The molecule has 0 aliphatic heterocycles. The number of carbonyl (C=O) groups excluding carboxylic acids is 1. The molecule has 0 spiro atoms. The molecule has 19 heavy (non-hydrogen) atoms. The quantitative estimate of drug-likeness (QED) is 0.891. The molecule has 0 unspecified atom stereocenters. The first kappa shape index (κ1) is 15.1. The second-order valence-corrected chi connectivity index (χ2v) is 7.61. The summed E-state index contributed by atoms with van der Waals surface area (Å²) < 4.78 is 0.868. The molecule has 1 aromatic rings. The summed E-state index contributed by atoms with van der Waals surface area (Å²) in [6.07, 6.45) is 3.45. The van der Waals surface area contributed by atoms with Crippen molar-refractivity contribution in [2.75, 3.05) is 6.54 Å². The van der Waals surface area contributed by atoms with E-state index in [9.17, 15) is 9.90 Å². The third-order valence-corrected chi connectivity index (χ3v) is 5.17. The van der Waals surface area contributed by atoms with Gasteiger partial charge in [-0.25, -0.2) is 0 Å². The maximum atomic E-state index is 12.0. The summed E-state index contributed by atoms with van der Waals surface area (Å²) in [6, 6.07) is 1.55. The standard InChI is InChI=1S/C13H17Cl2NO2S/c1-8-2-4-13(18,5-3-8)7-16-12(17)9-6-10(14)19-11(9)15/h6,8,18H,2-5,7H2,1H3,(H,16,17). The molecule has 1 saturated carbocycles. The molecule has 0 saturated heterocycles. The number of aliphatic hydroxyl groups is 1. The molecule has 0 atom stereocenters. The average molecular weight is 322 g/mol. The molecule has 1 aromatic heterocycles. The van der Waals surface area contributed by atoms with E-state index < -0.39 is 5.60 Å². The minimum atomic E-state index is -0.783. The predicted octanol–water partition coefficient (Wildman–Crippen LogP) is 3.73. The van der Waals surface area contributed by atoms with Crippen LogP contribution >= 0.6 is 34.5 Å². The first-order valence-corrected chi connectivity index (χ1v) is 7.92. The van der Waals surface area contributed by atoms with Crippen LogP contribution in [0.25, 0.3) is 0 Å². The number of rotatable bonds is 3. The van der Waals surface area contributed by atoms with Crippen LogP contribution in [-0.4, -0.2) is 23.2 Å². The lowest BCUT2D eigenvalue weighted by atomic mass is 9.79. The number of hydrogen-bond acceptors (Lipinski definition) is 3. The third-order valence-electron chi connectivity index (χ3n) is 3.68. The summed E-state index contributed by atoms with van der Waals surface area (Å²) in [5.74, 6) is 0.376. The highest BCUT2D eigenvalue weighted by molar-refractivity contribution is 7.20. The van der Waals surface area contributed by atoms with Gasteiger partial charge in [0.2, 0.25) is 0 Å². The zero-order valence-electron chi connectivity index (χ0n) is 10.7. The molecule has 0 radical (unpaired) electrons.